The van der Waals surface area contributed by atoms with E-state index >= 15 is 0 Å². The summed E-state index contributed by atoms with van der Waals surface area (Å²) in [6, 6.07) is -0.628. The molecule has 0 saturated carbocycles. The van der Waals surface area contributed by atoms with Crippen molar-refractivity contribution in [3.8, 4) is 0 Å². The van der Waals surface area contributed by atoms with Gasteiger partial charge in [0.05, 0.1) is 25.4 Å². The lowest BCUT2D eigenvalue weighted by molar-refractivity contribution is -0.143. The molecule has 0 aromatic heterocycles. The lowest BCUT2D eigenvalue weighted by atomic mass is 10.0. The number of hydrogen-bond acceptors (Lipinski definition) is 5. The molecule has 0 rings (SSSR count). The van der Waals surface area contributed by atoms with Crippen molar-refractivity contribution in [1.82, 2.24) is 5.32 Å². The predicted octanol–water partition coefficient (Wildman–Crippen LogP) is 23.6. The van der Waals surface area contributed by atoms with Crippen molar-refractivity contribution in [2.24, 2.45) is 0 Å². The first-order chi connectivity index (χ1) is 40.0. The SMILES string of the molecule is CCCCCCCCC/C=C\CCCCCCCC(=O)OCCCCCCCCCCC/C=C\C/C=C\CCCCCCCCCCCCCCCCCC(=O)NC(CO)C(O)/C=C/CCCCCCCCCCCCCCCCC. The lowest BCUT2D eigenvalue weighted by Gasteiger charge is -2.20. The van der Waals surface area contributed by atoms with Gasteiger partial charge in [-0.15, -0.1) is 0 Å². The van der Waals surface area contributed by atoms with E-state index in [1.54, 1.807) is 6.08 Å². The summed E-state index contributed by atoms with van der Waals surface area (Å²) in [4.78, 5) is 24.6. The number of carbonyl (C=O) groups is 2. The fraction of sp³-hybridized carbons (Fsp3) is 0.867. The Labute approximate surface area is 506 Å². The third-order valence-corrected chi connectivity index (χ3v) is 16.8. The van der Waals surface area contributed by atoms with E-state index < -0.39 is 12.1 Å². The quantitative estimate of drug-likeness (QED) is 0.0320. The molecule has 0 heterocycles. The molecule has 0 saturated heterocycles. The zero-order chi connectivity index (χ0) is 58.5. The number of rotatable bonds is 68. The van der Waals surface area contributed by atoms with Gasteiger partial charge in [0.1, 0.15) is 0 Å². The number of unbranched alkanes of at least 4 members (excludes halogenated alkanes) is 51. The number of hydrogen-bond donors (Lipinski definition) is 3. The number of allylic oxidation sites excluding steroid dienone is 7. The number of aliphatic hydroxyl groups excluding tert-OH is 2. The van der Waals surface area contributed by atoms with Gasteiger partial charge in [0.15, 0.2) is 0 Å². The molecular weight excluding hydrogens is 995 g/mol. The van der Waals surface area contributed by atoms with Gasteiger partial charge in [-0.2, -0.15) is 0 Å². The Bertz CT molecular complexity index is 1360. The summed E-state index contributed by atoms with van der Waals surface area (Å²) in [6.07, 6.45) is 92.0. The Balaban J connectivity index is 3.41. The van der Waals surface area contributed by atoms with Crippen LogP contribution in [-0.4, -0.2) is 47.4 Å². The van der Waals surface area contributed by atoms with E-state index in [9.17, 15) is 19.8 Å². The minimum Gasteiger partial charge on any atom is -0.466 e. The van der Waals surface area contributed by atoms with E-state index in [1.807, 2.05) is 6.08 Å². The summed E-state index contributed by atoms with van der Waals surface area (Å²) in [7, 11) is 0. The zero-order valence-corrected chi connectivity index (χ0v) is 54.5. The molecule has 1 amide bonds. The number of esters is 1. The molecule has 0 aliphatic heterocycles. The molecule has 0 aliphatic carbocycles. The van der Waals surface area contributed by atoms with Crippen LogP contribution in [-0.2, 0) is 14.3 Å². The van der Waals surface area contributed by atoms with Gasteiger partial charge in [0.2, 0.25) is 5.91 Å². The molecule has 6 nitrogen and oxygen atoms in total. The molecule has 6 heteroatoms. The summed E-state index contributed by atoms with van der Waals surface area (Å²) >= 11 is 0. The van der Waals surface area contributed by atoms with E-state index in [1.165, 1.54) is 315 Å². The highest BCUT2D eigenvalue weighted by molar-refractivity contribution is 5.76. The number of nitrogens with one attached hydrogen (secondary N) is 1. The second-order valence-electron chi connectivity index (χ2n) is 24.9. The molecule has 0 radical (unpaired) electrons. The average molecular weight is 1140 g/mol. The van der Waals surface area contributed by atoms with Crippen LogP contribution in [0.3, 0.4) is 0 Å². The van der Waals surface area contributed by atoms with Gasteiger partial charge in [-0.1, -0.05) is 339 Å². The Morgan fingerprint density at radius 2 is 0.617 bits per heavy atom. The highest BCUT2D eigenvalue weighted by Crippen LogP contribution is 2.18. The zero-order valence-electron chi connectivity index (χ0n) is 54.5. The Hall–Kier alpha value is -2.18. The van der Waals surface area contributed by atoms with Crippen LogP contribution in [0.2, 0.25) is 0 Å². The maximum atomic E-state index is 12.5. The van der Waals surface area contributed by atoms with Gasteiger partial charge in [-0.3, -0.25) is 9.59 Å². The molecule has 476 valence electrons. The van der Waals surface area contributed by atoms with Crippen molar-refractivity contribution in [2.75, 3.05) is 13.2 Å². The average Bonchev–Trinajstić information content (AvgIpc) is 3.47. The van der Waals surface area contributed by atoms with E-state index in [0.29, 0.717) is 19.4 Å². The molecule has 0 aliphatic rings. The maximum absolute atomic E-state index is 12.5. The van der Waals surface area contributed by atoms with Gasteiger partial charge in [-0.05, 0) is 89.9 Å². The molecule has 81 heavy (non-hydrogen) atoms. The minimum absolute atomic E-state index is 0.00572. The van der Waals surface area contributed by atoms with Gasteiger partial charge in [0, 0.05) is 12.8 Å². The van der Waals surface area contributed by atoms with Crippen LogP contribution in [0, 0.1) is 0 Å². The maximum Gasteiger partial charge on any atom is 0.305 e. The first kappa shape index (κ1) is 78.8. The Morgan fingerprint density at radius 1 is 0.346 bits per heavy atom. The predicted molar refractivity (Wildman–Crippen MR) is 356 cm³/mol. The number of ether oxygens (including phenoxy) is 1. The van der Waals surface area contributed by atoms with E-state index in [2.05, 4.69) is 55.6 Å². The monoisotopic (exact) mass is 1140 g/mol. The fourth-order valence-corrected chi connectivity index (χ4v) is 11.3. The third-order valence-electron chi connectivity index (χ3n) is 16.8. The summed E-state index contributed by atoms with van der Waals surface area (Å²) < 4.78 is 5.49. The van der Waals surface area contributed by atoms with Crippen LogP contribution < -0.4 is 5.32 Å². The highest BCUT2D eigenvalue weighted by atomic mass is 16.5. The standard InChI is InChI=1S/C75H141NO5/c1-3-5-7-9-11-13-15-17-19-36-39-43-47-51-55-59-63-67-73(78)72(71-77)76-74(79)68-64-60-56-52-48-44-40-37-34-32-30-28-26-24-22-21-23-25-27-29-31-33-35-38-42-46-50-54-58-62-66-70-81-75(80)69-65-61-57-53-49-45-41-20-18-16-14-12-10-8-6-4-2/h20,23,25,29,31,41,63,67,72-73,77-78H,3-19,21-22,24,26-28,30,32-40,42-62,64-66,68-71H2,1-2H3,(H,76,79)/b25-23-,31-29-,41-20-,67-63+. The van der Waals surface area contributed by atoms with Crippen LogP contribution in [0.5, 0.6) is 0 Å². The van der Waals surface area contributed by atoms with Gasteiger partial charge in [0.25, 0.3) is 0 Å². The van der Waals surface area contributed by atoms with Crippen LogP contribution in [0.4, 0.5) is 0 Å². The topological polar surface area (TPSA) is 95.9 Å². The molecule has 0 fully saturated rings. The van der Waals surface area contributed by atoms with Crippen LogP contribution >= 0.6 is 0 Å². The van der Waals surface area contributed by atoms with Crippen molar-refractivity contribution < 1.29 is 24.5 Å². The van der Waals surface area contributed by atoms with Crippen LogP contribution in [0.25, 0.3) is 0 Å². The first-order valence-electron chi connectivity index (χ1n) is 36.4. The number of carbonyl (C=O) groups excluding carboxylic acids is 2. The molecule has 3 N–H and O–H groups in total. The fourth-order valence-electron chi connectivity index (χ4n) is 11.3. The van der Waals surface area contributed by atoms with E-state index in [4.69, 9.17) is 4.74 Å². The van der Waals surface area contributed by atoms with E-state index in [-0.39, 0.29) is 18.5 Å². The summed E-state index contributed by atoms with van der Waals surface area (Å²) in [5, 5.41) is 23.2. The second-order valence-corrected chi connectivity index (χ2v) is 24.9. The van der Waals surface area contributed by atoms with Crippen molar-refractivity contribution in [1.29, 1.82) is 0 Å². The molecule has 0 bridgehead atoms. The smallest absolute Gasteiger partial charge is 0.305 e. The van der Waals surface area contributed by atoms with Crippen molar-refractivity contribution >= 4 is 11.9 Å². The van der Waals surface area contributed by atoms with Crippen LogP contribution in [0.15, 0.2) is 48.6 Å². The second kappa shape index (κ2) is 70.3. The van der Waals surface area contributed by atoms with Crippen molar-refractivity contribution in [3.05, 3.63) is 48.6 Å². The third kappa shape index (κ3) is 66.8. The van der Waals surface area contributed by atoms with Gasteiger partial charge in [-0.25, -0.2) is 0 Å². The highest BCUT2D eigenvalue weighted by Gasteiger charge is 2.18. The largest absolute Gasteiger partial charge is 0.466 e. The summed E-state index contributed by atoms with van der Waals surface area (Å²) in [5.74, 6) is -0.0592. The van der Waals surface area contributed by atoms with Crippen molar-refractivity contribution in [3.63, 3.8) is 0 Å². The molecule has 0 aromatic rings. The van der Waals surface area contributed by atoms with Gasteiger partial charge < -0.3 is 20.3 Å². The molecule has 0 aromatic carbocycles. The minimum atomic E-state index is -0.845. The summed E-state index contributed by atoms with van der Waals surface area (Å²) in [5.41, 5.74) is 0. The Kier molecular flexibility index (Phi) is 68.4. The number of amides is 1. The first-order valence-corrected chi connectivity index (χ1v) is 36.4. The van der Waals surface area contributed by atoms with Crippen LogP contribution in [0.1, 0.15) is 393 Å². The molecular formula is C75H141NO5. The normalized spacial score (nSPS) is 12.8. The van der Waals surface area contributed by atoms with Crippen molar-refractivity contribution in [2.45, 2.75) is 405 Å². The molecule has 2 unspecified atom stereocenters. The summed E-state index contributed by atoms with van der Waals surface area (Å²) in [6.45, 7) is 4.92. The lowest BCUT2D eigenvalue weighted by Crippen LogP contribution is -2.45. The molecule has 2 atom stereocenters. The van der Waals surface area contributed by atoms with E-state index in [0.717, 1.165) is 51.4 Å². The number of aliphatic hydroxyl groups is 2. The Morgan fingerprint density at radius 3 is 0.951 bits per heavy atom. The van der Waals surface area contributed by atoms with Gasteiger partial charge >= 0.3 is 5.97 Å². The molecule has 0 spiro atoms.